The third kappa shape index (κ3) is 5.86. The number of ether oxygens (including phenoxy) is 2. The maximum atomic E-state index is 12.6. The molecule has 7 nitrogen and oxygen atoms in total. The Morgan fingerprint density at radius 3 is 2.29 bits per heavy atom. The summed E-state index contributed by atoms with van der Waals surface area (Å²) in [6.45, 7) is 3.98. The molecule has 0 fully saturated rings. The quantitative estimate of drug-likeness (QED) is 0.486. The zero-order valence-electron chi connectivity index (χ0n) is 16.9. The molecule has 0 heterocycles. The molecule has 0 unspecified atom stereocenters. The fraction of sp³-hybridized carbons (Fsp3) is 0.0870. The van der Waals surface area contributed by atoms with E-state index < -0.39 is 10.0 Å². The van der Waals surface area contributed by atoms with Crippen LogP contribution >= 0.6 is 0 Å². The first-order chi connectivity index (χ1) is 14.9. The van der Waals surface area contributed by atoms with Crippen LogP contribution < -0.4 is 19.5 Å². The molecule has 3 aromatic carbocycles. The van der Waals surface area contributed by atoms with Crippen molar-refractivity contribution in [2.75, 3.05) is 23.8 Å². The van der Waals surface area contributed by atoms with Gasteiger partial charge < -0.3 is 14.8 Å². The number of hydrogen-bond donors (Lipinski definition) is 2. The van der Waals surface area contributed by atoms with Crippen LogP contribution in [0.25, 0.3) is 0 Å². The molecule has 1 amide bonds. The second kappa shape index (κ2) is 9.82. The molecule has 3 rings (SSSR count). The number of methoxy groups -OCH3 is 1. The molecule has 2 N–H and O–H groups in total. The van der Waals surface area contributed by atoms with Crippen molar-refractivity contribution in [3.05, 3.63) is 91.0 Å². The van der Waals surface area contributed by atoms with Crippen molar-refractivity contribution in [2.45, 2.75) is 4.90 Å². The van der Waals surface area contributed by atoms with E-state index in [1.165, 1.54) is 25.3 Å². The summed E-state index contributed by atoms with van der Waals surface area (Å²) in [4.78, 5) is 12.7. The highest BCUT2D eigenvalue weighted by Crippen LogP contribution is 2.21. The van der Waals surface area contributed by atoms with Crippen LogP contribution in [0.3, 0.4) is 0 Å². The number of amides is 1. The summed E-state index contributed by atoms with van der Waals surface area (Å²) in [5.74, 6) is 0.844. The van der Waals surface area contributed by atoms with Crippen molar-refractivity contribution in [1.82, 2.24) is 0 Å². The topological polar surface area (TPSA) is 93.7 Å². The molecule has 160 valence electrons. The second-order valence-corrected chi connectivity index (χ2v) is 8.12. The second-order valence-electron chi connectivity index (χ2n) is 6.44. The summed E-state index contributed by atoms with van der Waals surface area (Å²) in [5, 5.41) is 2.77. The maximum absolute atomic E-state index is 12.6. The minimum atomic E-state index is -3.81. The Hall–Kier alpha value is -3.78. The highest BCUT2D eigenvalue weighted by Gasteiger charge is 2.15. The van der Waals surface area contributed by atoms with Crippen LogP contribution in [0.2, 0.25) is 0 Å². The number of carbonyl (C=O) groups is 1. The van der Waals surface area contributed by atoms with E-state index in [0.717, 1.165) is 0 Å². The fourth-order valence-electron chi connectivity index (χ4n) is 2.69. The first-order valence-electron chi connectivity index (χ1n) is 9.33. The molecule has 0 aromatic heterocycles. The molecular formula is C23H22N2O5S. The number of carbonyl (C=O) groups excluding carboxylic acids is 1. The molecule has 0 spiro atoms. The van der Waals surface area contributed by atoms with Crippen molar-refractivity contribution >= 4 is 27.3 Å². The van der Waals surface area contributed by atoms with Gasteiger partial charge in [0.15, 0.2) is 0 Å². The molecule has 0 aliphatic rings. The lowest BCUT2D eigenvalue weighted by Gasteiger charge is -2.11. The normalized spacial score (nSPS) is 10.7. The van der Waals surface area contributed by atoms with Gasteiger partial charge in [0, 0.05) is 16.9 Å². The molecule has 3 aromatic rings. The van der Waals surface area contributed by atoms with Gasteiger partial charge in [0.05, 0.1) is 12.0 Å². The Balaban J connectivity index is 1.70. The third-order valence-electron chi connectivity index (χ3n) is 4.23. The Labute approximate surface area is 181 Å². The zero-order chi connectivity index (χ0) is 22.3. The van der Waals surface area contributed by atoms with Gasteiger partial charge in [-0.05, 0) is 66.7 Å². The number of rotatable bonds is 9. The zero-order valence-corrected chi connectivity index (χ0v) is 17.7. The van der Waals surface area contributed by atoms with Crippen molar-refractivity contribution in [2.24, 2.45) is 0 Å². The lowest BCUT2D eigenvalue weighted by Crippen LogP contribution is -2.15. The Kier molecular flexibility index (Phi) is 6.94. The minimum Gasteiger partial charge on any atom is -0.497 e. The van der Waals surface area contributed by atoms with Crippen LogP contribution in [-0.4, -0.2) is 28.0 Å². The van der Waals surface area contributed by atoms with Gasteiger partial charge >= 0.3 is 0 Å². The lowest BCUT2D eigenvalue weighted by molar-refractivity contribution is 0.102. The van der Waals surface area contributed by atoms with Crippen LogP contribution in [-0.2, 0) is 10.0 Å². The Morgan fingerprint density at radius 2 is 1.65 bits per heavy atom. The van der Waals surface area contributed by atoms with Crippen LogP contribution in [0.15, 0.2) is 90.3 Å². The smallest absolute Gasteiger partial charge is 0.261 e. The summed E-state index contributed by atoms with van der Waals surface area (Å²) in [6.07, 6.45) is 1.64. The number of sulfonamides is 1. The predicted octanol–water partition coefficient (Wildman–Crippen LogP) is 4.31. The molecule has 0 bridgehead atoms. The van der Waals surface area contributed by atoms with Crippen LogP contribution in [0, 0.1) is 0 Å². The van der Waals surface area contributed by atoms with Gasteiger partial charge in [0.25, 0.3) is 15.9 Å². The molecule has 8 heteroatoms. The minimum absolute atomic E-state index is 0.0851. The van der Waals surface area contributed by atoms with E-state index >= 15 is 0 Å². The summed E-state index contributed by atoms with van der Waals surface area (Å²) in [6, 6.07) is 19.2. The Bertz CT molecular complexity index is 1160. The first kappa shape index (κ1) is 21.9. The lowest BCUT2D eigenvalue weighted by atomic mass is 10.2. The highest BCUT2D eigenvalue weighted by molar-refractivity contribution is 7.92. The van der Waals surface area contributed by atoms with E-state index in [0.29, 0.717) is 29.4 Å². The molecule has 0 atom stereocenters. The van der Waals surface area contributed by atoms with E-state index in [1.54, 1.807) is 60.7 Å². The SMILES string of the molecule is C=CCOc1ccc(NC(=O)c2cccc(NS(=O)(=O)c3ccc(OC)cc3)c2)cc1. The molecule has 0 saturated carbocycles. The van der Waals surface area contributed by atoms with Crippen molar-refractivity contribution in [1.29, 1.82) is 0 Å². The van der Waals surface area contributed by atoms with Gasteiger partial charge in [0.2, 0.25) is 0 Å². The van der Waals surface area contributed by atoms with E-state index in [2.05, 4.69) is 16.6 Å². The largest absolute Gasteiger partial charge is 0.497 e. The van der Waals surface area contributed by atoms with Gasteiger partial charge in [-0.1, -0.05) is 18.7 Å². The van der Waals surface area contributed by atoms with Crippen LogP contribution in [0.5, 0.6) is 11.5 Å². The average Bonchev–Trinajstić information content (AvgIpc) is 2.78. The molecule has 31 heavy (non-hydrogen) atoms. The summed E-state index contributed by atoms with van der Waals surface area (Å²) in [5.41, 5.74) is 1.17. The van der Waals surface area contributed by atoms with E-state index in [-0.39, 0.29) is 16.5 Å². The molecule has 0 aliphatic carbocycles. The first-order valence-corrected chi connectivity index (χ1v) is 10.8. The van der Waals surface area contributed by atoms with E-state index in [9.17, 15) is 13.2 Å². The van der Waals surface area contributed by atoms with Crippen molar-refractivity contribution in [3.63, 3.8) is 0 Å². The Morgan fingerprint density at radius 1 is 0.968 bits per heavy atom. The van der Waals surface area contributed by atoms with Gasteiger partial charge in [0.1, 0.15) is 18.1 Å². The molecular weight excluding hydrogens is 416 g/mol. The van der Waals surface area contributed by atoms with Gasteiger partial charge in [-0.25, -0.2) is 8.42 Å². The molecule has 0 aliphatic heterocycles. The monoisotopic (exact) mass is 438 g/mol. The highest BCUT2D eigenvalue weighted by atomic mass is 32.2. The predicted molar refractivity (Wildman–Crippen MR) is 120 cm³/mol. The molecule has 0 radical (unpaired) electrons. The average molecular weight is 439 g/mol. The maximum Gasteiger partial charge on any atom is 0.261 e. The van der Waals surface area contributed by atoms with Gasteiger partial charge in [-0.3, -0.25) is 9.52 Å². The van der Waals surface area contributed by atoms with Crippen molar-refractivity contribution in [3.8, 4) is 11.5 Å². The summed E-state index contributed by atoms with van der Waals surface area (Å²) in [7, 11) is -2.31. The fourth-order valence-corrected chi connectivity index (χ4v) is 3.74. The van der Waals surface area contributed by atoms with Gasteiger partial charge in [-0.15, -0.1) is 0 Å². The number of benzene rings is 3. The third-order valence-corrected chi connectivity index (χ3v) is 5.62. The van der Waals surface area contributed by atoms with Crippen LogP contribution in [0.1, 0.15) is 10.4 Å². The summed E-state index contributed by atoms with van der Waals surface area (Å²) < 4.78 is 38.2. The summed E-state index contributed by atoms with van der Waals surface area (Å²) >= 11 is 0. The standard InChI is InChI=1S/C23H22N2O5S/c1-3-15-30-21-9-7-18(8-10-21)24-23(26)17-5-4-6-19(16-17)25-31(27,28)22-13-11-20(29-2)12-14-22/h3-14,16,25H,1,15H2,2H3,(H,24,26). The molecule has 0 saturated heterocycles. The number of anilines is 2. The number of nitrogens with one attached hydrogen (secondary N) is 2. The van der Waals surface area contributed by atoms with E-state index in [1.807, 2.05) is 0 Å². The van der Waals surface area contributed by atoms with Gasteiger partial charge in [-0.2, -0.15) is 0 Å². The van der Waals surface area contributed by atoms with Crippen LogP contribution in [0.4, 0.5) is 11.4 Å². The number of hydrogen-bond acceptors (Lipinski definition) is 5. The van der Waals surface area contributed by atoms with Crippen molar-refractivity contribution < 1.29 is 22.7 Å². The van der Waals surface area contributed by atoms with E-state index in [4.69, 9.17) is 9.47 Å².